The number of aryl methyl sites for hydroxylation is 1. The Morgan fingerprint density at radius 3 is 2.65 bits per heavy atom. The van der Waals surface area contributed by atoms with Crippen molar-refractivity contribution in [2.75, 3.05) is 19.6 Å². The normalized spacial score (nSPS) is 10.8. The molecule has 96 valence electrons. The van der Waals surface area contributed by atoms with Gasteiger partial charge in [0.25, 0.3) is 0 Å². The maximum absolute atomic E-state index is 13.6. The Morgan fingerprint density at radius 2 is 1.88 bits per heavy atom. The summed E-state index contributed by atoms with van der Waals surface area (Å²) < 4.78 is 13.6. The first-order valence-electron chi connectivity index (χ1n) is 6.41. The van der Waals surface area contributed by atoms with E-state index >= 15 is 0 Å². The first kappa shape index (κ1) is 14.1. The summed E-state index contributed by atoms with van der Waals surface area (Å²) in [4.78, 5) is 0. The van der Waals surface area contributed by atoms with E-state index in [0.29, 0.717) is 12.1 Å². The Kier molecular flexibility index (Phi) is 6.82. The molecule has 17 heavy (non-hydrogen) atoms. The highest BCUT2D eigenvalue weighted by molar-refractivity contribution is 5.24. The third-order valence-electron chi connectivity index (χ3n) is 2.72. The molecule has 0 heterocycles. The number of benzene rings is 1. The van der Waals surface area contributed by atoms with Gasteiger partial charge in [0, 0.05) is 12.1 Å². The lowest BCUT2D eigenvalue weighted by Crippen LogP contribution is -2.22. The fourth-order valence-electron chi connectivity index (χ4n) is 1.71. The fraction of sp³-hybridized carbons (Fsp3) is 0.571. The van der Waals surface area contributed by atoms with Crippen LogP contribution in [0.1, 0.15) is 30.9 Å². The highest BCUT2D eigenvalue weighted by Crippen LogP contribution is 2.11. The van der Waals surface area contributed by atoms with E-state index in [2.05, 4.69) is 17.6 Å². The molecule has 0 fully saturated rings. The van der Waals surface area contributed by atoms with E-state index in [1.807, 2.05) is 12.1 Å². The van der Waals surface area contributed by atoms with Crippen LogP contribution in [0.15, 0.2) is 18.2 Å². The van der Waals surface area contributed by atoms with Crippen LogP contribution in [-0.4, -0.2) is 19.6 Å². The zero-order chi connectivity index (χ0) is 12.5. The van der Waals surface area contributed by atoms with Crippen molar-refractivity contribution in [1.82, 2.24) is 10.6 Å². The summed E-state index contributed by atoms with van der Waals surface area (Å²) in [6, 6.07) is 5.54. The second-order valence-corrected chi connectivity index (χ2v) is 4.33. The van der Waals surface area contributed by atoms with E-state index in [4.69, 9.17) is 0 Å². The van der Waals surface area contributed by atoms with Gasteiger partial charge in [-0.05, 0) is 45.0 Å². The van der Waals surface area contributed by atoms with E-state index in [-0.39, 0.29) is 5.82 Å². The van der Waals surface area contributed by atoms with Gasteiger partial charge in [-0.15, -0.1) is 0 Å². The number of rotatable bonds is 8. The molecule has 0 unspecified atom stereocenters. The van der Waals surface area contributed by atoms with Gasteiger partial charge in [0.2, 0.25) is 0 Å². The predicted molar refractivity (Wildman–Crippen MR) is 70.6 cm³/mol. The van der Waals surface area contributed by atoms with Crippen LogP contribution >= 0.6 is 0 Å². The summed E-state index contributed by atoms with van der Waals surface area (Å²) in [5, 5.41) is 6.61. The number of hydrogen-bond donors (Lipinski definition) is 2. The van der Waals surface area contributed by atoms with E-state index in [9.17, 15) is 4.39 Å². The monoisotopic (exact) mass is 238 g/mol. The standard InChI is InChI=1S/C14H23FN2/c1-3-8-16-9-5-10-17-11-13-7-4-6-12(2)14(13)15/h4,6-7,16-17H,3,5,8-11H2,1-2H3. The van der Waals surface area contributed by atoms with E-state index in [1.165, 1.54) is 6.42 Å². The second-order valence-electron chi connectivity index (χ2n) is 4.33. The van der Waals surface area contributed by atoms with Crippen LogP contribution in [-0.2, 0) is 6.54 Å². The lowest BCUT2D eigenvalue weighted by Gasteiger charge is -2.08. The molecule has 1 rings (SSSR count). The maximum Gasteiger partial charge on any atom is 0.130 e. The SMILES string of the molecule is CCCNCCCNCc1cccc(C)c1F. The molecule has 1 aromatic rings. The van der Waals surface area contributed by atoms with Crippen molar-refractivity contribution in [3.05, 3.63) is 35.1 Å². The Balaban J connectivity index is 2.16. The molecule has 2 N–H and O–H groups in total. The molecular formula is C14H23FN2. The third kappa shape index (κ3) is 5.29. The predicted octanol–water partition coefficient (Wildman–Crippen LogP) is 2.61. The highest BCUT2D eigenvalue weighted by Gasteiger charge is 2.03. The number of halogens is 1. The minimum absolute atomic E-state index is 0.0795. The molecule has 0 aliphatic carbocycles. The topological polar surface area (TPSA) is 24.1 Å². The Bertz CT molecular complexity index is 326. The van der Waals surface area contributed by atoms with E-state index in [1.54, 1.807) is 13.0 Å². The van der Waals surface area contributed by atoms with Crippen LogP contribution in [0.3, 0.4) is 0 Å². The molecule has 0 aliphatic rings. The molecule has 0 spiro atoms. The van der Waals surface area contributed by atoms with E-state index < -0.39 is 0 Å². The first-order valence-corrected chi connectivity index (χ1v) is 6.41. The Morgan fingerprint density at radius 1 is 1.12 bits per heavy atom. The highest BCUT2D eigenvalue weighted by atomic mass is 19.1. The number of hydrogen-bond acceptors (Lipinski definition) is 2. The van der Waals surface area contributed by atoms with Gasteiger partial charge >= 0.3 is 0 Å². The van der Waals surface area contributed by atoms with Gasteiger partial charge in [-0.3, -0.25) is 0 Å². The molecule has 0 aromatic heterocycles. The van der Waals surface area contributed by atoms with Crippen molar-refractivity contribution in [3.63, 3.8) is 0 Å². The Hall–Kier alpha value is -0.930. The van der Waals surface area contributed by atoms with Crippen molar-refractivity contribution in [3.8, 4) is 0 Å². The largest absolute Gasteiger partial charge is 0.317 e. The van der Waals surface area contributed by atoms with Crippen LogP contribution in [0.4, 0.5) is 4.39 Å². The van der Waals surface area contributed by atoms with Crippen LogP contribution in [0, 0.1) is 12.7 Å². The van der Waals surface area contributed by atoms with Gasteiger partial charge in [0.15, 0.2) is 0 Å². The summed E-state index contributed by atoms with van der Waals surface area (Å²) >= 11 is 0. The third-order valence-corrected chi connectivity index (χ3v) is 2.72. The van der Waals surface area contributed by atoms with Crippen LogP contribution in [0.5, 0.6) is 0 Å². The van der Waals surface area contributed by atoms with Gasteiger partial charge < -0.3 is 10.6 Å². The zero-order valence-corrected chi connectivity index (χ0v) is 10.9. The average molecular weight is 238 g/mol. The number of nitrogens with one attached hydrogen (secondary N) is 2. The summed E-state index contributed by atoms with van der Waals surface area (Å²) in [6.07, 6.45) is 2.25. The molecular weight excluding hydrogens is 215 g/mol. The molecule has 0 bridgehead atoms. The maximum atomic E-state index is 13.6. The lowest BCUT2D eigenvalue weighted by molar-refractivity contribution is 0.563. The van der Waals surface area contributed by atoms with Crippen LogP contribution < -0.4 is 10.6 Å². The average Bonchev–Trinajstić information content (AvgIpc) is 2.33. The van der Waals surface area contributed by atoms with Gasteiger partial charge in [-0.2, -0.15) is 0 Å². The van der Waals surface area contributed by atoms with E-state index in [0.717, 1.165) is 31.6 Å². The zero-order valence-electron chi connectivity index (χ0n) is 10.9. The van der Waals surface area contributed by atoms with Gasteiger partial charge in [0.05, 0.1) is 0 Å². The van der Waals surface area contributed by atoms with Crippen molar-refractivity contribution >= 4 is 0 Å². The van der Waals surface area contributed by atoms with Crippen molar-refractivity contribution in [1.29, 1.82) is 0 Å². The van der Waals surface area contributed by atoms with Crippen molar-refractivity contribution < 1.29 is 4.39 Å². The summed E-state index contributed by atoms with van der Waals surface area (Å²) in [5.74, 6) is -0.0795. The smallest absolute Gasteiger partial charge is 0.130 e. The summed E-state index contributed by atoms with van der Waals surface area (Å²) in [7, 11) is 0. The minimum atomic E-state index is -0.0795. The van der Waals surface area contributed by atoms with Gasteiger partial charge in [0.1, 0.15) is 5.82 Å². The first-order chi connectivity index (χ1) is 8.25. The molecule has 0 amide bonds. The van der Waals surface area contributed by atoms with Crippen LogP contribution in [0.25, 0.3) is 0 Å². The van der Waals surface area contributed by atoms with Crippen molar-refractivity contribution in [2.45, 2.75) is 33.2 Å². The molecule has 0 aliphatic heterocycles. The van der Waals surface area contributed by atoms with Gasteiger partial charge in [-0.1, -0.05) is 25.1 Å². The minimum Gasteiger partial charge on any atom is -0.317 e. The lowest BCUT2D eigenvalue weighted by atomic mass is 10.1. The molecule has 0 atom stereocenters. The Labute approximate surface area is 104 Å². The molecule has 3 heteroatoms. The quantitative estimate of drug-likeness (QED) is 0.680. The molecule has 1 aromatic carbocycles. The fourth-order valence-corrected chi connectivity index (χ4v) is 1.71. The molecule has 0 radical (unpaired) electrons. The molecule has 0 saturated carbocycles. The molecule has 0 saturated heterocycles. The second kappa shape index (κ2) is 8.20. The summed E-state index contributed by atoms with van der Waals surface area (Å²) in [6.45, 7) is 7.59. The summed E-state index contributed by atoms with van der Waals surface area (Å²) in [5.41, 5.74) is 1.47. The van der Waals surface area contributed by atoms with Crippen LogP contribution in [0.2, 0.25) is 0 Å². The van der Waals surface area contributed by atoms with Gasteiger partial charge in [-0.25, -0.2) is 4.39 Å². The molecule has 2 nitrogen and oxygen atoms in total. The van der Waals surface area contributed by atoms with Crippen molar-refractivity contribution in [2.24, 2.45) is 0 Å².